The number of carbonyl (C=O) groups is 2. The average molecular weight is 434 g/mol. The van der Waals surface area contributed by atoms with Crippen molar-refractivity contribution < 1.29 is 27.2 Å². The van der Waals surface area contributed by atoms with Gasteiger partial charge in [0.25, 0.3) is 0 Å². The number of esters is 1. The molecule has 0 saturated carbocycles. The molecule has 10 heteroatoms. The summed E-state index contributed by atoms with van der Waals surface area (Å²) in [6, 6.07) is 9.05. The number of sulfonamides is 1. The van der Waals surface area contributed by atoms with Gasteiger partial charge in [0.15, 0.2) is 16.6 Å². The molecule has 0 aliphatic heterocycles. The number of ether oxygens (including phenoxy) is 1. The Balaban J connectivity index is 1.57. The molecule has 0 atom stereocenters. The topological polar surface area (TPSA) is 107 Å². The number of nitrogens with zero attached hydrogens (tertiary/aromatic N) is 2. The third kappa shape index (κ3) is 4.97. The number of aromatic nitrogens is 1. The summed E-state index contributed by atoms with van der Waals surface area (Å²) in [7, 11) is -2.60. The number of rotatable bonds is 8. The average Bonchev–Trinajstić information content (AvgIpc) is 3.38. The minimum Gasteiger partial charge on any atom is -0.462 e. The van der Waals surface area contributed by atoms with Crippen LogP contribution in [0.2, 0.25) is 0 Å². The van der Waals surface area contributed by atoms with E-state index in [0.29, 0.717) is 22.0 Å². The lowest BCUT2D eigenvalue weighted by Crippen LogP contribution is -2.33. The van der Waals surface area contributed by atoms with Gasteiger partial charge < -0.3 is 9.15 Å². The normalized spacial score (nSPS) is 11.6. The molecule has 0 bridgehead atoms. The van der Waals surface area contributed by atoms with Crippen molar-refractivity contribution in [3.63, 3.8) is 0 Å². The SMILES string of the molecule is CC(=O)c1ccc(S(=O)(=O)N(C)CC(=O)OCc2csc(-c3ccco3)n2)cc1. The van der Waals surface area contributed by atoms with Crippen molar-refractivity contribution in [3.05, 3.63) is 59.3 Å². The Morgan fingerprint density at radius 3 is 2.55 bits per heavy atom. The van der Waals surface area contributed by atoms with E-state index in [9.17, 15) is 18.0 Å². The van der Waals surface area contributed by atoms with Crippen LogP contribution in [-0.4, -0.2) is 43.1 Å². The number of hydrogen-bond donors (Lipinski definition) is 0. The minimum absolute atomic E-state index is 0.0135. The molecular weight excluding hydrogens is 416 g/mol. The molecule has 0 N–H and O–H groups in total. The molecule has 8 nitrogen and oxygen atoms in total. The third-order valence-electron chi connectivity index (χ3n) is 3.99. The van der Waals surface area contributed by atoms with Crippen LogP contribution in [0.1, 0.15) is 23.0 Å². The molecule has 2 heterocycles. The molecule has 0 spiro atoms. The van der Waals surface area contributed by atoms with Gasteiger partial charge in [-0.25, -0.2) is 13.4 Å². The molecular formula is C19H18N2O6S2. The van der Waals surface area contributed by atoms with Gasteiger partial charge >= 0.3 is 5.97 Å². The summed E-state index contributed by atoms with van der Waals surface area (Å²) in [6.07, 6.45) is 1.54. The summed E-state index contributed by atoms with van der Waals surface area (Å²) < 4.78 is 36.4. The first-order valence-corrected chi connectivity index (χ1v) is 10.8. The highest BCUT2D eigenvalue weighted by Gasteiger charge is 2.24. The fourth-order valence-corrected chi connectivity index (χ4v) is 4.28. The zero-order chi connectivity index (χ0) is 21.0. The Morgan fingerprint density at radius 1 is 1.21 bits per heavy atom. The molecule has 0 radical (unpaired) electrons. The van der Waals surface area contributed by atoms with E-state index in [4.69, 9.17) is 9.15 Å². The molecule has 0 aliphatic carbocycles. The minimum atomic E-state index is -3.89. The van der Waals surface area contributed by atoms with E-state index in [-0.39, 0.29) is 17.3 Å². The van der Waals surface area contributed by atoms with Crippen LogP contribution in [0.5, 0.6) is 0 Å². The summed E-state index contributed by atoms with van der Waals surface area (Å²) in [5.74, 6) is -0.249. The Kier molecular flexibility index (Phi) is 6.26. The highest BCUT2D eigenvalue weighted by molar-refractivity contribution is 7.89. The molecule has 3 rings (SSSR count). The second-order valence-electron chi connectivity index (χ2n) is 6.12. The molecule has 29 heavy (non-hydrogen) atoms. The third-order valence-corrected chi connectivity index (χ3v) is 6.71. The molecule has 2 aromatic heterocycles. The number of carbonyl (C=O) groups excluding carboxylic acids is 2. The first-order chi connectivity index (χ1) is 13.8. The number of benzene rings is 1. The number of Topliss-reactive ketones (excluding diaryl/α,β-unsaturated/α-hetero) is 1. The smallest absolute Gasteiger partial charge is 0.321 e. The molecule has 0 amide bonds. The van der Waals surface area contributed by atoms with Gasteiger partial charge in [0, 0.05) is 18.0 Å². The maximum absolute atomic E-state index is 12.6. The van der Waals surface area contributed by atoms with Crippen molar-refractivity contribution >= 4 is 33.1 Å². The van der Waals surface area contributed by atoms with E-state index in [1.54, 1.807) is 23.8 Å². The van der Waals surface area contributed by atoms with Crippen molar-refractivity contribution in [2.45, 2.75) is 18.4 Å². The number of thiazole rings is 1. The lowest BCUT2D eigenvalue weighted by Gasteiger charge is -2.16. The largest absolute Gasteiger partial charge is 0.462 e. The van der Waals surface area contributed by atoms with Crippen molar-refractivity contribution in [1.29, 1.82) is 0 Å². The molecule has 3 aromatic rings. The van der Waals surface area contributed by atoms with Gasteiger partial charge in [0.1, 0.15) is 13.2 Å². The highest BCUT2D eigenvalue weighted by Crippen LogP contribution is 2.24. The Bertz CT molecular complexity index is 1100. The lowest BCUT2D eigenvalue weighted by atomic mass is 10.2. The maximum Gasteiger partial charge on any atom is 0.321 e. The number of furan rings is 1. The quantitative estimate of drug-likeness (QED) is 0.396. The van der Waals surface area contributed by atoms with Crippen LogP contribution in [-0.2, 0) is 26.2 Å². The van der Waals surface area contributed by atoms with E-state index in [1.165, 1.54) is 49.6 Å². The second kappa shape index (κ2) is 8.68. The van der Waals surface area contributed by atoms with Gasteiger partial charge in [-0.15, -0.1) is 11.3 Å². The van der Waals surface area contributed by atoms with Gasteiger partial charge in [-0.2, -0.15) is 4.31 Å². The standard InChI is InChI=1S/C19H18N2O6S2/c1-13(22)14-5-7-16(8-6-14)29(24,25)21(2)10-18(23)27-11-15-12-28-19(20-15)17-4-3-9-26-17/h3-9,12H,10-11H2,1-2H3. The van der Waals surface area contributed by atoms with E-state index < -0.39 is 22.5 Å². The van der Waals surface area contributed by atoms with Gasteiger partial charge in [-0.3, -0.25) is 9.59 Å². The van der Waals surface area contributed by atoms with Crippen LogP contribution in [0.25, 0.3) is 10.8 Å². The lowest BCUT2D eigenvalue weighted by molar-refractivity contribution is -0.145. The Morgan fingerprint density at radius 2 is 1.93 bits per heavy atom. The predicted molar refractivity (Wildman–Crippen MR) is 106 cm³/mol. The van der Waals surface area contributed by atoms with Crippen molar-refractivity contribution in [1.82, 2.24) is 9.29 Å². The predicted octanol–water partition coefficient (Wildman–Crippen LogP) is 2.97. The van der Waals surface area contributed by atoms with Crippen LogP contribution < -0.4 is 0 Å². The fourth-order valence-electron chi connectivity index (χ4n) is 2.40. The Labute approximate surface area is 171 Å². The summed E-state index contributed by atoms with van der Waals surface area (Å²) >= 11 is 1.35. The van der Waals surface area contributed by atoms with Crippen LogP contribution in [0.15, 0.2) is 57.4 Å². The van der Waals surface area contributed by atoms with Gasteiger partial charge in [0.2, 0.25) is 10.0 Å². The van der Waals surface area contributed by atoms with Crippen LogP contribution in [0, 0.1) is 0 Å². The molecule has 1 aromatic carbocycles. The van der Waals surface area contributed by atoms with Crippen molar-refractivity contribution in [3.8, 4) is 10.8 Å². The van der Waals surface area contributed by atoms with E-state index in [1.807, 2.05) is 0 Å². The first-order valence-electron chi connectivity index (χ1n) is 8.48. The van der Waals surface area contributed by atoms with Crippen molar-refractivity contribution in [2.24, 2.45) is 0 Å². The summed E-state index contributed by atoms with van der Waals surface area (Å²) in [6.45, 7) is 0.870. The molecule has 0 fully saturated rings. The number of ketones is 1. The zero-order valence-electron chi connectivity index (χ0n) is 15.7. The van der Waals surface area contributed by atoms with Crippen LogP contribution >= 0.6 is 11.3 Å². The van der Waals surface area contributed by atoms with E-state index >= 15 is 0 Å². The monoisotopic (exact) mass is 434 g/mol. The Hall–Kier alpha value is -2.82. The number of hydrogen-bond acceptors (Lipinski definition) is 8. The van der Waals surface area contributed by atoms with Crippen LogP contribution in [0.3, 0.4) is 0 Å². The summed E-state index contributed by atoms with van der Waals surface area (Å²) in [5, 5.41) is 2.40. The summed E-state index contributed by atoms with van der Waals surface area (Å²) in [4.78, 5) is 27.7. The molecule has 0 aliphatic rings. The molecule has 0 saturated heterocycles. The number of likely N-dealkylation sites (N-methyl/N-ethyl adjacent to an activating group) is 1. The highest BCUT2D eigenvalue weighted by atomic mass is 32.2. The van der Waals surface area contributed by atoms with Gasteiger partial charge in [-0.1, -0.05) is 12.1 Å². The second-order valence-corrected chi connectivity index (χ2v) is 9.03. The summed E-state index contributed by atoms with van der Waals surface area (Å²) in [5.41, 5.74) is 0.947. The van der Waals surface area contributed by atoms with E-state index in [2.05, 4.69) is 4.98 Å². The van der Waals surface area contributed by atoms with Crippen LogP contribution in [0.4, 0.5) is 0 Å². The molecule has 0 unspecified atom stereocenters. The van der Waals surface area contributed by atoms with Crippen molar-refractivity contribution in [2.75, 3.05) is 13.6 Å². The van der Waals surface area contributed by atoms with Gasteiger partial charge in [-0.05, 0) is 31.2 Å². The maximum atomic E-state index is 12.6. The zero-order valence-corrected chi connectivity index (χ0v) is 17.3. The van der Waals surface area contributed by atoms with Gasteiger partial charge in [0.05, 0.1) is 16.9 Å². The van der Waals surface area contributed by atoms with E-state index in [0.717, 1.165) is 4.31 Å². The molecule has 152 valence electrons. The fraction of sp³-hybridized carbons (Fsp3) is 0.211. The first kappa shape index (κ1) is 20.9.